The minimum Gasteiger partial charge on any atom is -0.493 e. The van der Waals surface area contributed by atoms with Crippen LogP contribution in [0.3, 0.4) is 0 Å². The van der Waals surface area contributed by atoms with Gasteiger partial charge >= 0.3 is 0 Å². The van der Waals surface area contributed by atoms with Gasteiger partial charge in [0.1, 0.15) is 0 Å². The molecule has 8 heteroatoms. The second kappa shape index (κ2) is 10.9. The van der Waals surface area contributed by atoms with Crippen molar-refractivity contribution >= 4 is 5.96 Å². The van der Waals surface area contributed by atoms with E-state index in [1.165, 1.54) is 12.8 Å². The Morgan fingerprint density at radius 2 is 1.68 bits per heavy atom. The highest BCUT2D eigenvalue weighted by Crippen LogP contribution is 2.38. The van der Waals surface area contributed by atoms with Gasteiger partial charge < -0.3 is 29.3 Å². The van der Waals surface area contributed by atoms with Crippen LogP contribution in [0.4, 0.5) is 0 Å². The largest absolute Gasteiger partial charge is 0.493 e. The Labute approximate surface area is 187 Å². The second-order valence-corrected chi connectivity index (χ2v) is 8.59. The van der Waals surface area contributed by atoms with E-state index < -0.39 is 0 Å². The van der Waals surface area contributed by atoms with Gasteiger partial charge in [-0.25, -0.2) is 0 Å². The molecular formula is C23H39N5O3. The third kappa shape index (κ3) is 5.95. The molecule has 3 rings (SSSR count). The molecule has 0 amide bonds. The van der Waals surface area contributed by atoms with Crippen LogP contribution in [-0.2, 0) is 6.54 Å². The maximum Gasteiger partial charge on any atom is 0.203 e. The SMILES string of the molecule is CN=C(NCC(C1CC1)N(C)C)N1CCN(Cc2cc(OC)c(OC)c(OC)c2)CC1. The molecule has 8 nitrogen and oxygen atoms in total. The van der Waals surface area contributed by atoms with E-state index in [1.54, 1.807) is 21.3 Å². The van der Waals surface area contributed by atoms with Crippen molar-refractivity contribution in [2.75, 3.05) is 75.2 Å². The molecule has 1 saturated carbocycles. The van der Waals surface area contributed by atoms with Crippen molar-refractivity contribution in [3.8, 4) is 17.2 Å². The number of piperazine rings is 1. The molecule has 1 aliphatic carbocycles. The first-order chi connectivity index (χ1) is 15.0. The van der Waals surface area contributed by atoms with E-state index >= 15 is 0 Å². The van der Waals surface area contributed by atoms with Crippen molar-refractivity contribution in [3.05, 3.63) is 17.7 Å². The van der Waals surface area contributed by atoms with Crippen LogP contribution in [0.1, 0.15) is 18.4 Å². The van der Waals surface area contributed by atoms with Crippen molar-refractivity contribution in [2.45, 2.75) is 25.4 Å². The van der Waals surface area contributed by atoms with Gasteiger partial charge in [0, 0.05) is 52.4 Å². The number of methoxy groups -OCH3 is 3. The summed E-state index contributed by atoms with van der Waals surface area (Å²) in [4.78, 5) is 11.7. The topological polar surface area (TPSA) is 61.8 Å². The first-order valence-electron chi connectivity index (χ1n) is 11.1. The van der Waals surface area contributed by atoms with Crippen LogP contribution in [-0.4, -0.2) is 102 Å². The lowest BCUT2D eigenvalue weighted by atomic mass is 10.1. The van der Waals surface area contributed by atoms with E-state index in [4.69, 9.17) is 14.2 Å². The third-order valence-corrected chi connectivity index (χ3v) is 6.31. The highest BCUT2D eigenvalue weighted by atomic mass is 16.5. The molecule has 1 heterocycles. The Balaban J connectivity index is 1.54. The van der Waals surface area contributed by atoms with Gasteiger partial charge in [-0.1, -0.05) is 0 Å². The predicted octanol–water partition coefficient (Wildman–Crippen LogP) is 1.75. The van der Waals surface area contributed by atoms with Crippen LogP contribution < -0.4 is 19.5 Å². The smallest absolute Gasteiger partial charge is 0.203 e. The zero-order chi connectivity index (χ0) is 22.4. The molecule has 2 fully saturated rings. The third-order valence-electron chi connectivity index (χ3n) is 6.31. The monoisotopic (exact) mass is 433 g/mol. The van der Waals surface area contributed by atoms with E-state index in [1.807, 2.05) is 19.2 Å². The predicted molar refractivity (Wildman–Crippen MR) is 125 cm³/mol. The lowest BCUT2D eigenvalue weighted by Gasteiger charge is -2.37. The van der Waals surface area contributed by atoms with Gasteiger partial charge in [-0.2, -0.15) is 0 Å². The number of aliphatic imine (C=N–C) groups is 1. The number of nitrogens with one attached hydrogen (secondary N) is 1. The molecular weight excluding hydrogens is 394 g/mol. The summed E-state index contributed by atoms with van der Waals surface area (Å²) in [5, 5.41) is 3.62. The molecule has 31 heavy (non-hydrogen) atoms. The first kappa shape index (κ1) is 23.5. The Bertz CT molecular complexity index is 716. The first-order valence-corrected chi connectivity index (χ1v) is 11.1. The van der Waals surface area contributed by atoms with Gasteiger partial charge in [0.2, 0.25) is 5.75 Å². The van der Waals surface area contributed by atoms with Gasteiger partial charge in [-0.15, -0.1) is 0 Å². The van der Waals surface area contributed by atoms with Crippen LogP contribution in [0, 0.1) is 5.92 Å². The summed E-state index contributed by atoms with van der Waals surface area (Å²) >= 11 is 0. The van der Waals surface area contributed by atoms with Crippen molar-refractivity contribution in [1.29, 1.82) is 0 Å². The molecule has 0 bridgehead atoms. The van der Waals surface area contributed by atoms with Crippen LogP contribution in [0.2, 0.25) is 0 Å². The van der Waals surface area contributed by atoms with E-state index in [2.05, 4.69) is 39.1 Å². The quantitative estimate of drug-likeness (QED) is 0.470. The zero-order valence-corrected chi connectivity index (χ0v) is 20.0. The van der Waals surface area contributed by atoms with Crippen LogP contribution >= 0.6 is 0 Å². The minimum absolute atomic E-state index is 0.582. The number of guanidine groups is 1. The fourth-order valence-electron chi connectivity index (χ4n) is 4.38. The molecule has 1 aromatic rings. The average Bonchev–Trinajstić information content (AvgIpc) is 3.61. The molecule has 1 atom stereocenters. The van der Waals surface area contributed by atoms with Crippen LogP contribution in [0.25, 0.3) is 0 Å². The summed E-state index contributed by atoms with van der Waals surface area (Å²) in [6.45, 7) is 5.69. The van der Waals surface area contributed by atoms with Gasteiger partial charge in [0.25, 0.3) is 0 Å². The Morgan fingerprint density at radius 3 is 2.13 bits per heavy atom. The van der Waals surface area contributed by atoms with Crippen molar-refractivity contribution < 1.29 is 14.2 Å². The highest BCUT2D eigenvalue weighted by molar-refractivity contribution is 5.80. The van der Waals surface area contributed by atoms with Gasteiger partial charge in [-0.3, -0.25) is 9.89 Å². The fourth-order valence-corrected chi connectivity index (χ4v) is 4.38. The van der Waals surface area contributed by atoms with Crippen molar-refractivity contribution in [3.63, 3.8) is 0 Å². The molecule has 1 aromatic carbocycles. The summed E-state index contributed by atoms with van der Waals surface area (Å²) in [6, 6.07) is 4.65. The molecule has 2 aliphatic rings. The van der Waals surface area contributed by atoms with E-state index in [9.17, 15) is 0 Å². The summed E-state index contributed by atoms with van der Waals surface area (Å²) in [7, 11) is 11.2. The lowest BCUT2D eigenvalue weighted by Crippen LogP contribution is -2.54. The standard InChI is InChI=1S/C23H39N5O3/c1-24-23(25-15-19(26(2)3)18-7-8-18)28-11-9-27(10-12-28)16-17-13-20(29-4)22(31-6)21(14-17)30-5/h13-14,18-19H,7-12,15-16H2,1-6H3,(H,24,25). The van der Waals surface area contributed by atoms with E-state index in [0.717, 1.165) is 56.7 Å². The molecule has 0 spiro atoms. The number of ether oxygens (including phenoxy) is 3. The lowest BCUT2D eigenvalue weighted by molar-refractivity contribution is 0.171. The van der Waals surface area contributed by atoms with Gasteiger partial charge in [0.05, 0.1) is 21.3 Å². The summed E-state index contributed by atoms with van der Waals surface area (Å²) in [5.41, 5.74) is 1.16. The normalized spacial score (nSPS) is 18.8. The Morgan fingerprint density at radius 1 is 1.06 bits per heavy atom. The molecule has 0 radical (unpaired) electrons. The maximum atomic E-state index is 5.50. The summed E-state index contributed by atoms with van der Waals surface area (Å²) in [5.74, 6) is 3.88. The number of hydrogen-bond acceptors (Lipinski definition) is 6. The maximum absolute atomic E-state index is 5.50. The van der Waals surface area contributed by atoms with Gasteiger partial charge in [0.15, 0.2) is 17.5 Å². The number of hydrogen-bond donors (Lipinski definition) is 1. The molecule has 1 N–H and O–H groups in total. The molecule has 1 unspecified atom stereocenters. The van der Waals surface area contributed by atoms with Crippen LogP contribution in [0.5, 0.6) is 17.2 Å². The molecule has 174 valence electrons. The Hall–Kier alpha value is -2.19. The summed E-state index contributed by atoms with van der Waals surface area (Å²) < 4.78 is 16.4. The Kier molecular flexibility index (Phi) is 8.26. The van der Waals surface area contributed by atoms with Crippen LogP contribution in [0.15, 0.2) is 17.1 Å². The molecule has 1 saturated heterocycles. The number of rotatable bonds is 9. The second-order valence-electron chi connectivity index (χ2n) is 8.59. The van der Waals surface area contributed by atoms with E-state index in [-0.39, 0.29) is 0 Å². The van der Waals surface area contributed by atoms with E-state index in [0.29, 0.717) is 23.3 Å². The minimum atomic E-state index is 0.582. The van der Waals surface area contributed by atoms with Crippen molar-refractivity contribution in [1.82, 2.24) is 20.0 Å². The number of likely N-dealkylation sites (N-methyl/N-ethyl adjacent to an activating group) is 1. The average molecular weight is 434 g/mol. The zero-order valence-electron chi connectivity index (χ0n) is 20.0. The summed E-state index contributed by atoms with van der Waals surface area (Å²) in [6.07, 6.45) is 2.70. The highest BCUT2D eigenvalue weighted by Gasteiger charge is 2.33. The number of benzene rings is 1. The molecule has 1 aliphatic heterocycles. The van der Waals surface area contributed by atoms with Crippen molar-refractivity contribution in [2.24, 2.45) is 10.9 Å². The fraction of sp³-hybridized carbons (Fsp3) is 0.696. The molecule has 0 aromatic heterocycles. The number of nitrogens with zero attached hydrogens (tertiary/aromatic N) is 4. The van der Waals surface area contributed by atoms with Gasteiger partial charge in [-0.05, 0) is 50.6 Å².